The number of ether oxygens (including phenoxy) is 2. The standard InChI is InChI=1S/C40H48N2O2/c1-23-33(41)5-3-7-35(23)43-37-16-38(44-36-8-4-6-34(42)24(36)2)32(40-20-28-12-29(21-40)14-30(13-28)22-40)15-31(37)39-17-25-9-26(18-39)11-27(10-25)19-39/h3-8,15-16,25-30H,9-14,17-22,41-42H2,1-2H3. The van der Waals surface area contributed by atoms with E-state index in [1.54, 1.807) is 0 Å². The second kappa shape index (κ2) is 9.68. The molecular formula is C40H48N2O2. The Hall–Kier alpha value is -3.14. The highest BCUT2D eigenvalue weighted by Gasteiger charge is 2.55. The molecule has 8 bridgehead atoms. The Morgan fingerprint density at radius 3 is 1.18 bits per heavy atom. The summed E-state index contributed by atoms with van der Waals surface area (Å²) in [5.41, 5.74) is 19.7. The van der Waals surface area contributed by atoms with E-state index in [4.69, 9.17) is 20.9 Å². The van der Waals surface area contributed by atoms with Crippen LogP contribution in [0.5, 0.6) is 23.0 Å². The average Bonchev–Trinajstić information content (AvgIpc) is 2.96. The topological polar surface area (TPSA) is 70.5 Å². The van der Waals surface area contributed by atoms with Crippen LogP contribution in [-0.2, 0) is 10.8 Å². The monoisotopic (exact) mass is 588 g/mol. The van der Waals surface area contributed by atoms with Gasteiger partial charge in [-0.05, 0) is 168 Å². The summed E-state index contributed by atoms with van der Waals surface area (Å²) in [5.74, 6) is 8.81. The fourth-order valence-corrected chi connectivity index (χ4v) is 12.2. The molecule has 3 aromatic rings. The van der Waals surface area contributed by atoms with Gasteiger partial charge in [0, 0.05) is 39.7 Å². The van der Waals surface area contributed by atoms with Crippen molar-refractivity contribution in [2.45, 2.75) is 102 Å². The summed E-state index contributed by atoms with van der Waals surface area (Å²) >= 11 is 0. The molecule has 0 aliphatic heterocycles. The summed E-state index contributed by atoms with van der Waals surface area (Å²) in [5, 5.41) is 0. The van der Waals surface area contributed by atoms with E-state index in [-0.39, 0.29) is 10.8 Å². The van der Waals surface area contributed by atoms with Crippen LogP contribution < -0.4 is 20.9 Å². The Morgan fingerprint density at radius 2 is 0.841 bits per heavy atom. The van der Waals surface area contributed by atoms with E-state index in [1.807, 2.05) is 24.3 Å². The van der Waals surface area contributed by atoms with Crippen LogP contribution in [-0.4, -0.2) is 0 Å². The number of benzene rings is 3. The van der Waals surface area contributed by atoms with Gasteiger partial charge in [0.15, 0.2) is 0 Å². The van der Waals surface area contributed by atoms with Crippen molar-refractivity contribution in [3.63, 3.8) is 0 Å². The molecule has 0 unspecified atom stereocenters. The van der Waals surface area contributed by atoms with Crippen LogP contribution in [0.15, 0.2) is 48.5 Å². The molecule has 8 aliphatic rings. The first-order chi connectivity index (χ1) is 21.3. The van der Waals surface area contributed by atoms with Crippen LogP contribution in [0.25, 0.3) is 0 Å². The van der Waals surface area contributed by atoms with Gasteiger partial charge >= 0.3 is 0 Å². The first-order valence-corrected chi connectivity index (χ1v) is 17.5. The van der Waals surface area contributed by atoms with Crippen LogP contribution in [0, 0.1) is 49.4 Å². The van der Waals surface area contributed by atoms with E-state index in [2.05, 4.69) is 38.1 Å². The molecule has 0 saturated heterocycles. The molecule has 44 heavy (non-hydrogen) atoms. The van der Waals surface area contributed by atoms with Crippen molar-refractivity contribution in [3.05, 3.63) is 70.8 Å². The zero-order chi connectivity index (χ0) is 29.8. The molecule has 8 fully saturated rings. The zero-order valence-electron chi connectivity index (χ0n) is 26.5. The molecule has 230 valence electrons. The first kappa shape index (κ1) is 27.2. The molecule has 0 radical (unpaired) electrons. The van der Waals surface area contributed by atoms with Crippen molar-refractivity contribution in [2.75, 3.05) is 11.5 Å². The molecule has 8 aliphatic carbocycles. The quantitative estimate of drug-likeness (QED) is 0.281. The van der Waals surface area contributed by atoms with Gasteiger partial charge in [-0.15, -0.1) is 0 Å². The van der Waals surface area contributed by atoms with Crippen LogP contribution in [0.2, 0.25) is 0 Å². The smallest absolute Gasteiger partial charge is 0.134 e. The third kappa shape index (κ3) is 4.22. The van der Waals surface area contributed by atoms with E-state index in [1.165, 1.54) is 88.2 Å². The van der Waals surface area contributed by atoms with Gasteiger partial charge in [0.1, 0.15) is 23.0 Å². The van der Waals surface area contributed by atoms with Gasteiger partial charge in [0.2, 0.25) is 0 Å². The van der Waals surface area contributed by atoms with Crippen molar-refractivity contribution in [1.82, 2.24) is 0 Å². The lowest BCUT2D eigenvalue weighted by molar-refractivity contribution is -0.00938. The fraction of sp³-hybridized carbons (Fsp3) is 0.550. The number of rotatable bonds is 6. The molecule has 4 N–H and O–H groups in total. The highest BCUT2D eigenvalue weighted by Crippen LogP contribution is 2.66. The number of hydrogen-bond donors (Lipinski definition) is 2. The van der Waals surface area contributed by atoms with Gasteiger partial charge in [0.25, 0.3) is 0 Å². The van der Waals surface area contributed by atoms with E-state index >= 15 is 0 Å². The molecular weight excluding hydrogens is 540 g/mol. The van der Waals surface area contributed by atoms with Crippen molar-refractivity contribution in [1.29, 1.82) is 0 Å². The second-order valence-corrected chi connectivity index (χ2v) is 16.4. The number of nitrogens with two attached hydrogens (primary N) is 2. The lowest BCUT2D eigenvalue weighted by atomic mass is 9.46. The van der Waals surface area contributed by atoms with Crippen molar-refractivity contribution < 1.29 is 9.47 Å². The maximum absolute atomic E-state index is 7.03. The Kier molecular flexibility index (Phi) is 5.98. The summed E-state index contributed by atoms with van der Waals surface area (Å²) in [6, 6.07) is 17.1. The Bertz CT molecular complexity index is 1450. The number of hydrogen-bond acceptors (Lipinski definition) is 4. The lowest BCUT2D eigenvalue weighted by Crippen LogP contribution is -2.50. The third-order valence-corrected chi connectivity index (χ3v) is 13.4. The maximum Gasteiger partial charge on any atom is 0.134 e. The number of anilines is 2. The second-order valence-electron chi connectivity index (χ2n) is 16.4. The van der Waals surface area contributed by atoms with Crippen LogP contribution in [0.3, 0.4) is 0 Å². The van der Waals surface area contributed by atoms with Crippen molar-refractivity contribution >= 4 is 11.4 Å². The molecule has 0 aromatic heterocycles. The largest absolute Gasteiger partial charge is 0.457 e. The molecule has 0 spiro atoms. The minimum absolute atomic E-state index is 0.195. The van der Waals surface area contributed by atoms with Gasteiger partial charge in [-0.1, -0.05) is 12.1 Å². The first-order valence-electron chi connectivity index (χ1n) is 17.5. The Labute approximate surface area is 262 Å². The SMILES string of the molecule is Cc1c(N)cccc1Oc1cc(Oc2cccc(N)c2C)c(C23CC4CC(CC(C4)C2)C3)cc1C12CC3CC(CC(C3)C1)C2. The average molecular weight is 589 g/mol. The Balaban J connectivity index is 1.25. The Morgan fingerprint density at radius 1 is 0.500 bits per heavy atom. The highest BCUT2D eigenvalue weighted by atomic mass is 16.5. The fourth-order valence-electron chi connectivity index (χ4n) is 12.2. The summed E-state index contributed by atoms with van der Waals surface area (Å²) in [7, 11) is 0. The molecule has 11 rings (SSSR count). The molecule has 0 atom stereocenters. The highest BCUT2D eigenvalue weighted by molar-refractivity contribution is 5.60. The summed E-state index contributed by atoms with van der Waals surface area (Å²) in [6.07, 6.45) is 16.4. The summed E-state index contributed by atoms with van der Waals surface area (Å²) in [6.45, 7) is 4.15. The van der Waals surface area contributed by atoms with Crippen molar-refractivity contribution in [2.24, 2.45) is 35.5 Å². The van der Waals surface area contributed by atoms with Gasteiger partial charge in [-0.2, -0.15) is 0 Å². The predicted octanol–water partition coefficient (Wildman–Crippen LogP) is 9.99. The lowest BCUT2D eigenvalue weighted by Gasteiger charge is -2.58. The zero-order valence-corrected chi connectivity index (χ0v) is 26.5. The summed E-state index contributed by atoms with van der Waals surface area (Å²) in [4.78, 5) is 0. The van der Waals surface area contributed by atoms with Crippen molar-refractivity contribution in [3.8, 4) is 23.0 Å². The summed E-state index contributed by atoms with van der Waals surface area (Å²) < 4.78 is 14.1. The van der Waals surface area contributed by atoms with Gasteiger partial charge in [0.05, 0.1) is 0 Å². The van der Waals surface area contributed by atoms with E-state index in [0.29, 0.717) is 0 Å². The van der Waals surface area contributed by atoms with E-state index in [9.17, 15) is 0 Å². The minimum atomic E-state index is 0.195. The molecule has 8 saturated carbocycles. The molecule has 4 heteroatoms. The molecule has 0 heterocycles. The van der Waals surface area contributed by atoms with Crippen LogP contribution in [0.1, 0.15) is 99.3 Å². The van der Waals surface area contributed by atoms with Gasteiger partial charge in [-0.3, -0.25) is 0 Å². The molecule has 3 aromatic carbocycles. The van der Waals surface area contributed by atoms with Crippen LogP contribution in [0.4, 0.5) is 11.4 Å². The third-order valence-electron chi connectivity index (χ3n) is 13.4. The van der Waals surface area contributed by atoms with Gasteiger partial charge in [-0.25, -0.2) is 0 Å². The van der Waals surface area contributed by atoms with E-state index < -0.39 is 0 Å². The normalized spacial score (nSPS) is 36.1. The molecule has 0 amide bonds. The minimum Gasteiger partial charge on any atom is -0.457 e. The number of nitrogen functional groups attached to an aromatic ring is 2. The van der Waals surface area contributed by atoms with Crippen LogP contribution >= 0.6 is 0 Å². The molecule has 4 nitrogen and oxygen atoms in total. The maximum atomic E-state index is 7.03. The predicted molar refractivity (Wildman–Crippen MR) is 177 cm³/mol. The van der Waals surface area contributed by atoms with E-state index in [0.717, 1.165) is 81.0 Å². The van der Waals surface area contributed by atoms with Gasteiger partial charge < -0.3 is 20.9 Å².